The maximum absolute atomic E-state index is 12.5. The van der Waals surface area contributed by atoms with Gasteiger partial charge in [0, 0.05) is 39.1 Å². The fraction of sp³-hybridized carbons (Fsp3) is 0.789. The Balaban J connectivity index is 1.47. The number of quaternary nitrogens is 1. The number of unbranched alkanes of at least 4 members (excludes halogenated alkanes) is 1. The molecule has 4 atom stereocenters. The number of fused-ring (bicyclic) bond motifs is 3. The number of aryl methyl sites for hydroxylation is 1. The molecule has 8 nitrogen and oxygen atoms in total. The Bertz CT molecular complexity index is 646. The van der Waals surface area contributed by atoms with E-state index in [0.29, 0.717) is 25.0 Å². The van der Waals surface area contributed by atoms with E-state index in [1.165, 1.54) is 18.2 Å². The van der Waals surface area contributed by atoms with Crippen LogP contribution in [-0.4, -0.2) is 59.0 Å². The normalized spacial score (nSPS) is 26.7. The SMILES string of the molecule is CCCCc1cn(C[C@H]2C[C@H]3CC[NH+]2C[C@@H]3C(=O)NCCNC(C)=O)nn1. The molecule has 0 spiro atoms. The molecule has 0 saturated carbocycles. The van der Waals surface area contributed by atoms with Gasteiger partial charge in [-0.25, -0.2) is 4.68 Å². The van der Waals surface area contributed by atoms with Gasteiger partial charge in [0.05, 0.1) is 31.2 Å². The number of nitrogens with zero attached hydrogens (tertiary/aromatic N) is 3. The lowest BCUT2D eigenvalue weighted by atomic mass is 9.75. The number of hydrogen-bond acceptors (Lipinski definition) is 4. The highest BCUT2D eigenvalue weighted by Gasteiger charge is 2.46. The summed E-state index contributed by atoms with van der Waals surface area (Å²) >= 11 is 0. The van der Waals surface area contributed by atoms with Crippen molar-refractivity contribution < 1.29 is 14.5 Å². The van der Waals surface area contributed by atoms with Crippen LogP contribution in [0.3, 0.4) is 0 Å². The molecule has 150 valence electrons. The Hall–Kier alpha value is -1.96. The molecule has 4 heterocycles. The molecule has 1 aromatic heterocycles. The molecule has 4 rings (SSSR count). The minimum absolute atomic E-state index is 0.0645. The van der Waals surface area contributed by atoms with E-state index < -0.39 is 0 Å². The first-order chi connectivity index (χ1) is 13.1. The van der Waals surface area contributed by atoms with E-state index in [9.17, 15) is 9.59 Å². The summed E-state index contributed by atoms with van der Waals surface area (Å²) in [7, 11) is 0. The zero-order valence-electron chi connectivity index (χ0n) is 16.5. The highest BCUT2D eigenvalue weighted by atomic mass is 16.2. The molecule has 3 N–H and O–H groups in total. The van der Waals surface area contributed by atoms with Crippen molar-refractivity contribution in [1.29, 1.82) is 0 Å². The number of aromatic nitrogens is 3. The van der Waals surface area contributed by atoms with Crippen LogP contribution >= 0.6 is 0 Å². The van der Waals surface area contributed by atoms with Crippen LogP contribution in [0.4, 0.5) is 0 Å². The van der Waals surface area contributed by atoms with Crippen molar-refractivity contribution in [3.05, 3.63) is 11.9 Å². The molecule has 0 aromatic carbocycles. The molecule has 2 bridgehead atoms. The van der Waals surface area contributed by atoms with E-state index in [-0.39, 0.29) is 17.7 Å². The van der Waals surface area contributed by atoms with Gasteiger partial charge in [0.1, 0.15) is 6.04 Å². The van der Waals surface area contributed by atoms with Crippen LogP contribution in [0.1, 0.15) is 45.2 Å². The van der Waals surface area contributed by atoms with Crippen LogP contribution in [0.5, 0.6) is 0 Å². The number of carbonyl (C=O) groups is 2. The average molecular weight is 378 g/mol. The fourth-order valence-corrected chi connectivity index (χ4v) is 4.50. The molecule has 3 fully saturated rings. The Morgan fingerprint density at radius 2 is 2.15 bits per heavy atom. The van der Waals surface area contributed by atoms with Gasteiger partial charge in [-0.1, -0.05) is 18.6 Å². The van der Waals surface area contributed by atoms with Crippen molar-refractivity contribution in [2.24, 2.45) is 11.8 Å². The van der Waals surface area contributed by atoms with Gasteiger partial charge in [-0.05, 0) is 18.8 Å². The zero-order valence-corrected chi connectivity index (χ0v) is 16.5. The molecule has 3 aliphatic rings. The number of nitrogens with one attached hydrogen (secondary N) is 3. The Labute approximate surface area is 161 Å². The summed E-state index contributed by atoms with van der Waals surface area (Å²) in [5.41, 5.74) is 1.08. The van der Waals surface area contributed by atoms with Crippen LogP contribution < -0.4 is 15.5 Å². The van der Waals surface area contributed by atoms with Crippen molar-refractivity contribution in [2.45, 2.75) is 58.5 Å². The molecule has 2 amide bonds. The van der Waals surface area contributed by atoms with Gasteiger partial charge >= 0.3 is 0 Å². The van der Waals surface area contributed by atoms with Crippen LogP contribution in [0.15, 0.2) is 6.20 Å². The molecular formula is C19H33N6O2+. The molecule has 8 heteroatoms. The molecule has 27 heavy (non-hydrogen) atoms. The molecule has 0 aliphatic carbocycles. The highest BCUT2D eigenvalue weighted by molar-refractivity contribution is 5.79. The van der Waals surface area contributed by atoms with Gasteiger partial charge in [-0.2, -0.15) is 0 Å². The number of rotatable bonds is 9. The third kappa shape index (κ3) is 5.28. The lowest BCUT2D eigenvalue weighted by Crippen LogP contribution is -3.20. The molecular weight excluding hydrogens is 344 g/mol. The summed E-state index contributed by atoms with van der Waals surface area (Å²) in [4.78, 5) is 25.0. The lowest BCUT2D eigenvalue weighted by molar-refractivity contribution is -0.945. The summed E-state index contributed by atoms with van der Waals surface area (Å²) in [6.07, 6.45) is 7.60. The van der Waals surface area contributed by atoms with E-state index in [2.05, 4.69) is 34.1 Å². The van der Waals surface area contributed by atoms with Gasteiger partial charge in [0.2, 0.25) is 11.8 Å². The van der Waals surface area contributed by atoms with E-state index >= 15 is 0 Å². The predicted molar refractivity (Wildman–Crippen MR) is 101 cm³/mol. The van der Waals surface area contributed by atoms with E-state index in [1.54, 1.807) is 0 Å². The predicted octanol–water partition coefficient (Wildman–Crippen LogP) is -0.834. The number of piperidine rings is 3. The Morgan fingerprint density at radius 1 is 1.33 bits per heavy atom. The number of hydrogen-bond donors (Lipinski definition) is 3. The van der Waals surface area contributed by atoms with Crippen LogP contribution in [-0.2, 0) is 22.6 Å². The van der Waals surface area contributed by atoms with Gasteiger partial charge in [0.25, 0.3) is 0 Å². The smallest absolute Gasteiger partial charge is 0.229 e. The van der Waals surface area contributed by atoms with Crippen molar-refractivity contribution in [1.82, 2.24) is 25.6 Å². The van der Waals surface area contributed by atoms with Gasteiger partial charge in [-0.3, -0.25) is 9.59 Å². The lowest BCUT2D eigenvalue weighted by Gasteiger charge is -2.46. The summed E-state index contributed by atoms with van der Waals surface area (Å²) in [5, 5.41) is 14.3. The van der Waals surface area contributed by atoms with Gasteiger partial charge in [-0.15, -0.1) is 5.10 Å². The molecule has 3 saturated heterocycles. The van der Waals surface area contributed by atoms with Crippen LogP contribution in [0.25, 0.3) is 0 Å². The summed E-state index contributed by atoms with van der Waals surface area (Å²) in [6, 6.07) is 0.521. The Kier molecular flexibility index (Phi) is 6.82. The first-order valence-corrected chi connectivity index (χ1v) is 10.3. The first-order valence-electron chi connectivity index (χ1n) is 10.3. The first kappa shape index (κ1) is 19.8. The van der Waals surface area contributed by atoms with Gasteiger partial charge in [0.15, 0.2) is 0 Å². The van der Waals surface area contributed by atoms with Crippen LogP contribution in [0.2, 0.25) is 0 Å². The minimum atomic E-state index is -0.0645. The summed E-state index contributed by atoms with van der Waals surface area (Å²) < 4.78 is 1.99. The average Bonchev–Trinajstić information content (AvgIpc) is 3.11. The Morgan fingerprint density at radius 3 is 2.85 bits per heavy atom. The third-order valence-electron chi connectivity index (χ3n) is 5.97. The fourth-order valence-electron chi connectivity index (χ4n) is 4.50. The summed E-state index contributed by atoms with van der Waals surface area (Å²) in [5.74, 6) is 0.628. The molecule has 0 radical (unpaired) electrons. The van der Waals surface area contributed by atoms with E-state index in [4.69, 9.17) is 0 Å². The number of amides is 2. The second-order valence-electron chi connectivity index (χ2n) is 8.01. The molecule has 1 unspecified atom stereocenters. The largest absolute Gasteiger partial charge is 0.355 e. The maximum Gasteiger partial charge on any atom is 0.229 e. The second-order valence-corrected chi connectivity index (χ2v) is 8.01. The second kappa shape index (κ2) is 9.30. The van der Waals surface area contributed by atoms with Crippen molar-refractivity contribution in [2.75, 3.05) is 26.2 Å². The van der Waals surface area contributed by atoms with Crippen molar-refractivity contribution >= 4 is 11.8 Å². The molecule has 1 aromatic rings. The van der Waals surface area contributed by atoms with Crippen LogP contribution in [0, 0.1) is 11.8 Å². The number of carbonyl (C=O) groups excluding carboxylic acids is 2. The quantitative estimate of drug-likeness (QED) is 0.490. The highest BCUT2D eigenvalue weighted by Crippen LogP contribution is 2.27. The minimum Gasteiger partial charge on any atom is -0.355 e. The van der Waals surface area contributed by atoms with Gasteiger partial charge < -0.3 is 15.5 Å². The van der Waals surface area contributed by atoms with E-state index in [0.717, 1.165) is 51.0 Å². The maximum atomic E-state index is 12.5. The van der Waals surface area contributed by atoms with Crippen molar-refractivity contribution in [3.8, 4) is 0 Å². The monoisotopic (exact) mass is 377 g/mol. The topological polar surface area (TPSA) is 93.3 Å². The molecule has 3 aliphatic heterocycles. The standard InChI is InChI=1S/C19H32N6O2/c1-3-4-5-16-11-25(23-22-16)12-17-10-15-6-9-24(17)13-18(15)19(27)21-8-7-20-14(2)26/h11,15,17-18H,3-10,12-13H2,1-2H3,(H,20,26)(H,21,27)/p+1/t15-,17-,18+/m1/s1. The van der Waals surface area contributed by atoms with Crippen molar-refractivity contribution in [3.63, 3.8) is 0 Å². The third-order valence-corrected chi connectivity index (χ3v) is 5.97. The zero-order chi connectivity index (χ0) is 19.2. The summed E-state index contributed by atoms with van der Waals surface area (Å²) in [6.45, 7) is 7.60. The van der Waals surface area contributed by atoms with E-state index in [1.807, 2.05) is 4.68 Å².